The number of hydrogen-bond donors (Lipinski definition) is 0. The van der Waals surface area contributed by atoms with E-state index in [0.29, 0.717) is 5.92 Å². The minimum atomic E-state index is 0.686. The van der Waals surface area contributed by atoms with E-state index >= 15 is 0 Å². The Morgan fingerprint density at radius 1 is 1.50 bits per heavy atom. The number of imidazole rings is 1. The van der Waals surface area contributed by atoms with E-state index in [4.69, 9.17) is 11.6 Å². The Morgan fingerprint density at radius 2 is 2.29 bits per heavy atom. The van der Waals surface area contributed by atoms with Gasteiger partial charge in [-0.25, -0.2) is 4.98 Å². The fraction of sp³-hybridized carbons (Fsp3) is 0.364. The van der Waals surface area contributed by atoms with Crippen molar-refractivity contribution in [2.45, 2.75) is 25.7 Å². The van der Waals surface area contributed by atoms with Gasteiger partial charge in [0.15, 0.2) is 5.65 Å². The number of nitrogens with zero attached hydrogens (tertiary/aromatic N) is 2. The Balaban J connectivity index is 2.26. The van der Waals surface area contributed by atoms with Crippen LogP contribution in [0, 0.1) is 6.92 Å². The molecule has 3 heteroatoms. The fourth-order valence-corrected chi connectivity index (χ4v) is 1.91. The van der Waals surface area contributed by atoms with Crippen LogP contribution in [0.4, 0.5) is 0 Å². The molecule has 0 aliphatic heterocycles. The van der Waals surface area contributed by atoms with Crippen molar-refractivity contribution >= 4 is 17.2 Å². The highest BCUT2D eigenvalue weighted by atomic mass is 35.5. The van der Waals surface area contributed by atoms with Gasteiger partial charge in [-0.05, 0) is 31.4 Å². The van der Waals surface area contributed by atoms with Crippen molar-refractivity contribution in [1.29, 1.82) is 0 Å². The largest absolute Gasteiger partial charge is 0.306 e. The standard InChI is InChI=1S/C11H11ClN2/c1-7-4-5-14-6-9(8-2-3-8)13-11(14)10(7)12/h4-6,8H,2-3H2,1H3. The van der Waals surface area contributed by atoms with E-state index in [0.717, 1.165) is 16.2 Å². The Labute approximate surface area is 87.5 Å². The Hall–Kier alpha value is -1.02. The van der Waals surface area contributed by atoms with Crippen LogP contribution in [0.2, 0.25) is 5.02 Å². The third kappa shape index (κ3) is 1.14. The summed E-state index contributed by atoms with van der Waals surface area (Å²) in [6.45, 7) is 2.01. The minimum absolute atomic E-state index is 0.686. The van der Waals surface area contributed by atoms with Gasteiger partial charge in [-0.3, -0.25) is 0 Å². The normalized spacial score (nSPS) is 16.4. The Morgan fingerprint density at radius 3 is 3.00 bits per heavy atom. The number of hydrogen-bond acceptors (Lipinski definition) is 1. The van der Waals surface area contributed by atoms with Gasteiger partial charge in [0.05, 0.1) is 10.7 Å². The van der Waals surface area contributed by atoms with Gasteiger partial charge in [-0.1, -0.05) is 11.6 Å². The number of rotatable bonds is 1. The molecule has 0 atom stereocenters. The predicted octanol–water partition coefficient (Wildman–Crippen LogP) is 3.17. The molecule has 0 amide bonds. The molecule has 0 spiro atoms. The summed E-state index contributed by atoms with van der Waals surface area (Å²) in [5.74, 6) is 0.686. The van der Waals surface area contributed by atoms with E-state index in [-0.39, 0.29) is 0 Å². The molecular weight excluding hydrogens is 196 g/mol. The highest BCUT2D eigenvalue weighted by Crippen LogP contribution is 2.39. The monoisotopic (exact) mass is 206 g/mol. The number of aryl methyl sites for hydroxylation is 1. The molecule has 3 rings (SSSR count). The Kier molecular flexibility index (Phi) is 1.62. The van der Waals surface area contributed by atoms with Gasteiger partial charge in [-0.2, -0.15) is 0 Å². The molecule has 1 saturated carbocycles. The zero-order chi connectivity index (χ0) is 9.71. The summed E-state index contributed by atoms with van der Waals surface area (Å²) in [5, 5.41) is 0.777. The van der Waals surface area contributed by atoms with Gasteiger partial charge in [-0.15, -0.1) is 0 Å². The van der Waals surface area contributed by atoms with Crippen molar-refractivity contribution in [2.75, 3.05) is 0 Å². The molecule has 0 radical (unpaired) electrons. The van der Waals surface area contributed by atoms with Gasteiger partial charge in [0, 0.05) is 18.3 Å². The maximum Gasteiger partial charge on any atom is 0.156 e. The van der Waals surface area contributed by atoms with E-state index in [1.54, 1.807) is 0 Å². The lowest BCUT2D eigenvalue weighted by Crippen LogP contribution is -1.85. The van der Waals surface area contributed by atoms with Crippen LogP contribution in [0.25, 0.3) is 5.65 Å². The summed E-state index contributed by atoms with van der Waals surface area (Å²) in [6, 6.07) is 2.02. The zero-order valence-electron chi connectivity index (χ0n) is 8.00. The molecular formula is C11H11ClN2. The fourth-order valence-electron chi connectivity index (χ4n) is 1.71. The third-order valence-electron chi connectivity index (χ3n) is 2.77. The number of aromatic nitrogens is 2. The van der Waals surface area contributed by atoms with Crippen LogP contribution < -0.4 is 0 Å². The van der Waals surface area contributed by atoms with Crippen LogP contribution in [0.1, 0.15) is 30.0 Å². The van der Waals surface area contributed by atoms with E-state index in [2.05, 4.69) is 11.2 Å². The molecule has 1 aliphatic rings. The summed E-state index contributed by atoms with van der Waals surface area (Å²) in [7, 11) is 0. The van der Waals surface area contributed by atoms with Gasteiger partial charge in [0.2, 0.25) is 0 Å². The summed E-state index contributed by atoms with van der Waals surface area (Å²) in [5.41, 5.74) is 3.18. The molecule has 2 heterocycles. The van der Waals surface area contributed by atoms with Gasteiger partial charge in [0.25, 0.3) is 0 Å². The number of halogens is 1. The van der Waals surface area contributed by atoms with Gasteiger partial charge in [0.1, 0.15) is 0 Å². The van der Waals surface area contributed by atoms with E-state index in [1.807, 2.05) is 23.6 Å². The molecule has 0 unspecified atom stereocenters. The SMILES string of the molecule is Cc1ccn2cc(C3CC3)nc2c1Cl. The van der Waals surface area contributed by atoms with Crippen LogP contribution >= 0.6 is 11.6 Å². The minimum Gasteiger partial charge on any atom is -0.306 e. The van der Waals surface area contributed by atoms with Gasteiger partial charge < -0.3 is 4.40 Å². The lowest BCUT2D eigenvalue weighted by atomic mass is 10.3. The van der Waals surface area contributed by atoms with Crippen LogP contribution in [0.5, 0.6) is 0 Å². The van der Waals surface area contributed by atoms with Crippen molar-refractivity contribution in [3.05, 3.63) is 34.7 Å². The highest BCUT2D eigenvalue weighted by molar-refractivity contribution is 6.34. The van der Waals surface area contributed by atoms with Crippen LogP contribution in [-0.2, 0) is 0 Å². The first-order valence-corrected chi connectivity index (χ1v) is 5.27. The lowest BCUT2D eigenvalue weighted by molar-refractivity contribution is 1.06. The van der Waals surface area contributed by atoms with Crippen LogP contribution in [0.15, 0.2) is 18.5 Å². The summed E-state index contributed by atoms with van der Waals surface area (Å²) in [6.07, 6.45) is 6.68. The second kappa shape index (κ2) is 2.74. The first kappa shape index (κ1) is 8.30. The van der Waals surface area contributed by atoms with E-state index in [9.17, 15) is 0 Å². The second-order valence-corrected chi connectivity index (χ2v) is 4.36. The topological polar surface area (TPSA) is 17.3 Å². The van der Waals surface area contributed by atoms with Crippen molar-refractivity contribution < 1.29 is 0 Å². The van der Waals surface area contributed by atoms with E-state index < -0.39 is 0 Å². The average molecular weight is 207 g/mol. The predicted molar refractivity (Wildman–Crippen MR) is 56.9 cm³/mol. The third-order valence-corrected chi connectivity index (χ3v) is 3.24. The van der Waals surface area contributed by atoms with Crippen molar-refractivity contribution in [2.24, 2.45) is 0 Å². The maximum absolute atomic E-state index is 6.18. The van der Waals surface area contributed by atoms with Crippen LogP contribution in [-0.4, -0.2) is 9.38 Å². The average Bonchev–Trinajstić information content (AvgIpc) is 2.93. The molecule has 14 heavy (non-hydrogen) atoms. The molecule has 0 aromatic carbocycles. The maximum atomic E-state index is 6.18. The molecule has 2 aromatic rings. The summed E-state index contributed by atoms with van der Waals surface area (Å²) < 4.78 is 2.02. The smallest absolute Gasteiger partial charge is 0.156 e. The van der Waals surface area contributed by atoms with Crippen LogP contribution in [0.3, 0.4) is 0 Å². The second-order valence-electron chi connectivity index (χ2n) is 3.98. The first-order valence-electron chi connectivity index (χ1n) is 4.89. The van der Waals surface area contributed by atoms with Crippen molar-refractivity contribution in [3.8, 4) is 0 Å². The molecule has 0 saturated heterocycles. The number of pyridine rings is 1. The van der Waals surface area contributed by atoms with Gasteiger partial charge >= 0.3 is 0 Å². The summed E-state index contributed by atoms with van der Waals surface area (Å²) in [4.78, 5) is 4.57. The summed E-state index contributed by atoms with van der Waals surface area (Å²) >= 11 is 6.18. The van der Waals surface area contributed by atoms with E-state index in [1.165, 1.54) is 18.5 Å². The molecule has 2 aromatic heterocycles. The molecule has 72 valence electrons. The molecule has 1 fully saturated rings. The lowest BCUT2D eigenvalue weighted by Gasteiger charge is -1.98. The van der Waals surface area contributed by atoms with Crippen molar-refractivity contribution in [1.82, 2.24) is 9.38 Å². The molecule has 1 aliphatic carbocycles. The highest BCUT2D eigenvalue weighted by Gasteiger charge is 2.26. The quantitative estimate of drug-likeness (QED) is 0.701. The van der Waals surface area contributed by atoms with Crippen molar-refractivity contribution in [3.63, 3.8) is 0 Å². The number of fused-ring (bicyclic) bond motifs is 1. The first-order chi connectivity index (χ1) is 6.75. The Bertz CT molecular complexity index is 497. The zero-order valence-corrected chi connectivity index (χ0v) is 8.75. The molecule has 2 nitrogen and oxygen atoms in total. The molecule has 0 bridgehead atoms. The molecule has 0 N–H and O–H groups in total.